The van der Waals surface area contributed by atoms with Crippen molar-refractivity contribution in [3.63, 3.8) is 0 Å². The number of para-hydroxylation sites is 1. The van der Waals surface area contributed by atoms with Crippen molar-refractivity contribution >= 4 is 11.6 Å². The van der Waals surface area contributed by atoms with Crippen molar-refractivity contribution in [1.29, 1.82) is 5.26 Å². The van der Waals surface area contributed by atoms with Crippen molar-refractivity contribution in [2.45, 2.75) is 13.3 Å². The lowest BCUT2D eigenvalue weighted by Gasteiger charge is -2.08. The minimum Gasteiger partial charge on any atom is -0.494 e. The zero-order valence-corrected chi connectivity index (χ0v) is 11.8. The molecule has 2 rings (SSSR count). The highest BCUT2D eigenvalue weighted by Gasteiger charge is 2.08. The van der Waals surface area contributed by atoms with Crippen molar-refractivity contribution in [2.75, 3.05) is 11.9 Å². The molecule has 106 valence electrons. The van der Waals surface area contributed by atoms with Gasteiger partial charge in [0.2, 0.25) is 0 Å². The van der Waals surface area contributed by atoms with E-state index in [4.69, 9.17) is 10.00 Å². The lowest BCUT2D eigenvalue weighted by Crippen LogP contribution is -2.12. The van der Waals surface area contributed by atoms with Crippen LogP contribution in [0.5, 0.6) is 5.75 Å². The van der Waals surface area contributed by atoms with Gasteiger partial charge in [-0.1, -0.05) is 19.1 Å². The van der Waals surface area contributed by atoms with Gasteiger partial charge in [0.15, 0.2) is 0 Å². The Labute approximate surface area is 124 Å². The van der Waals surface area contributed by atoms with Gasteiger partial charge in [0.05, 0.1) is 17.9 Å². The van der Waals surface area contributed by atoms with Crippen LogP contribution in [0.15, 0.2) is 48.5 Å². The molecule has 1 N–H and O–H groups in total. The predicted octanol–water partition coefficient (Wildman–Crippen LogP) is 3.60. The molecule has 4 nitrogen and oxygen atoms in total. The van der Waals surface area contributed by atoms with Gasteiger partial charge in [-0.2, -0.15) is 5.26 Å². The fraction of sp³-hybridized carbons (Fsp3) is 0.176. The van der Waals surface area contributed by atoms with E-state index in [1.165, 1.54) is 0 Å². The Balaban J connectivity index is 2.08. The highest BCUT2D eigenvalue weighted by atomic mass is 16.5. The number of nitrogens with one attached hydrogen (secondary N) is 1. The quantitative estimate of drug-likeness (QED) is 0.910. The number of carbonyl (C=O) groups is 1. The van der Waals surface area contributed by atoms with Crippen molar-refractivity contribution in [1.82, 2.24) is 0 Å². The Kier molecular flexibility index (Phi) is 4.94. The van der Waals surface area contributed by atoms with E-state index in [2.05, 4.69) is 5.32 Å². The van der Waals surface area contributed by atoms with Gasteiger partial charge >= 0.3 is 0 Å². The summed E-state index contributed by atoms with van der Waals surface area (Å²) in [6.45, 7) is 2.69. The smallest absolute Gasteiger partial charge is 0.255 e. The van der Waals surface area contributed by atoms with Crippen LogP contribution < -0.4 is 10.1 Å². The van der Waals surface area contributed by atoms with Crippen LogP contribution in [0.2, 0.25) is 0 Å². The summed E-state index contributed by atoms with van der Waals surface area (Å²) in [5.74, 6) is 0.491. The summed E-state index contributed by atoms with van der Waals surface area (Å²) in [6.07, 6.45) is 0.938. The Morgan fingerprint density at radius 3 is 2.57 bits per heavy atom. The first-order valence-corrected chi connectivity index (χ1v) is 6.78. The SMILES string of the molecule is CCCOc1ccc(C(=O)Nc2ccccc2C#N)cc1. The Morgan fingerprint density at radius 2 is 1.90 bits per heavy atom. The van der Waals surface area contributed by atoms with E-state index >= 15 is 0 Å². The van der Waals surface area contributed by atoms with Gasteiger partial charge in [-0.05, 0) is 42.8 Å². The van der Waals surface area contributed by atoms with Gasteiger partial charge in [0.1, 0.15) is 11.8 Å². The molecule has 21 heavy (non-hydrogen) atoms. The molecule has 0 saturated heterocycles. The largest absolute Gasteiger partial charge is 0.494 e. The summed E-state index contributed by atoms with van der Waals surface area (Å²) in [4.78, 5) is 12.1. The van der Waals surface area contributed by atoms with Gasteiger partial charge in [-0.15, -0.1) is 0 Å². The van der Waals surface area contributed by atoms with Gasteiger partial charge in [0, 0.05) is 5.56 Å². The molecule has 0 aliphatic heterocycles. The Hall–Kier alpha value is -2.80. The number of ether oxygens (including phenoxy) is 1. The first kappa shape index (κ1) is 14.6. The maximum atomic E-state index is 12.1. The zero-order valence-electron chi connectivity index (χ0n) is 11.8. The second-order valence-corrected chi connectivity index (χ2v) is 4.48. The standard InChI is InChI=1S/C17H16N2O2/c1-2-11-21-15-9-7-13(8-10-15)17(20)19-16-6-4-3-5-14(16)12-18/h3-10H,2,11H2,1H3,(H,19,20). The molecule has 2 aromatic rings. The summed E-state index contributed by atoms with van der Waals surface area (Å²) in [7, 11) is 0. The highest BCUT2D eigenvalue weighted by molar-refractivity contribution is 6.04. The topological polar surface area (TPSA) is 62.1 Å². The summed E-state index contributed by atoms with van der Waals surface area (Å²) < 4.78 is 5.47. The lowest BCUT2D eigenvalue weighted by molar-refractivity contribution is 0.102. The van der Waals surface area contributed by atoms with Crippen molar-refractivity contribution in [2.24, 2.45) is 0 Å². The minimum atomic E-state index is -0.250. The van der Waals surface area contributed by atoms with Gasteiger partial charge in [0.25, 0.3) is 5.91 Å². The molecule has 0 atom stereocenters. The molecule has 0 aliphatic carbocycles. The van der Waals surface area contributed by atoms with Crippen LogP contribution in [-0.4, -0.2) is 12.5 Å². The fourth-order valence-corrected chi connectivity index (χ4v) is 1.81. The van der Waals surface area contributed by atoms with Crippen LogP contribution in [0, 0.1) is 11.3 Å². The molecular formula is C17H16N2O2. The number of nitrogens with zero attached hydrogens (tertiary/aromatic N) is 1. The minimum absolute atomic E-state index is 0.250. The number of benzene rings is 2. The maximum absolute atomic E-state index is 12.1. The van der Waals surface area contributed by atoms with Crippen molar-refractivity contribution in [3.8, 4) is 11.8 Å². The number of carbonyl (C=O) groups excluding carboxylic acids is 1. The zero-order chi connectivity index (χ0) is 15.1. The van der Waals surface area contributed by atoms with Crippen LogP contribution in [0.25, 0.3) is 0 Å². The van der Waals surface area contributed by atoms with Crippen LogP contribution in [0.4, 0.5) is 5.69 Å². The number of rotatable bonds is 5. The molecule has 0 bridgehead atoms. The van der Waals surface area contributed by atoms with E-state index in [0.717, 1.165) is 12.2 Å². The summed E-state index contributed by atoms with van der Waals surface area (Å²) in [6, 6.07) is 15.9. The third-order valence-corrected chi connectivity index (χ3v) is 2.89. The summed E-state index contributed by atoms with van der Waals surface area (Å²) in [5.41, 5.74) is 1.47. The Bertz CT molecular complexity index is 657. The normalized spacial score (nSPS) is 9.71. The van der Waals surface area contributed by atoms with E-state index < -0.39 is 0 Å². The van der Waals surface area contributed by atoms with Gasteiger partial charge in [-0.3, -0.25) is 4.79 Å². The molecule has 0 saturated carbocycles. The number of anilines is 1. The van der Waals surface area contributed by atoms with E-state index in [0.29, 0.717) is 23.4 Å². The molecule has 0 aromatic heterocycles. The molecule has 4 heteroatoms. The summed E-state index contributed by atoms with van der Waals surface area (Å²) in [5, 5.41) is 11.7. The highest BCUT2D eigenvalue weighted by Crippen LogP contribution is 2.17. The molecular weight excluding hydrogens is 264 g/mol. The molecule has 0 aliphatic rings. The number of nitriles is 1. The monoisotopic (exact) mass is 280 g/mol. The van der Waals surface area contributed by atoms with Crippen molar-refractivity contribution < 1.29 is 9.53 Å². The van der Waals surface area contributed by atoms with Crippen LogP contribution >= 0.6 is 0 Å². The first-order chi connectivity index (χ1) is 10.2. The average Bonchev–Trinajstić information content (AvgIpc) is 2.54. The first-order valence-electron chi connectivity index (χ1n) is 6.78. The molecule has 0 unspecified atom stereocenters. The van der Waals surface area contributed by atoms with Crippen molar-refractivity contribution in [3.05, 3.63) is 59.7 Å². The molecule has 0 radical (unpaired) electrons. The molecule has 0 spiro atoms. The number of hydrogen-bond donors (Lipinski definition) is 1. The lowest BCUT2D eigenvalue weighted by atomic mass is 10.1. The fourth-order valence-electron chi connectivity index (χ4n) is 1.81. The number of hydrogen-bond acceptors (Lipinski definition) is 3. The molecule has 1 amide bonds. The second kappa shape index (κ2) is 7.11. The van der Waals surface area contributed by atoms with Crippen LogP contribution in [-0.2, 0) is 0 Å². The molecule has 0 fully saturated rings. The van der Waals surface area contributed by atoms with Crippen LogP contribution in [0.3, 0.4) is 0 Å². The van der Waals surface area contributed by atoms with Gasteiger partial charge < -0.3 is 10.1 Å². The second-order valence-electron chi connectivity index (χ2n) is 4.48. The van der Waals surface area contributed by atoms with Crippen LogP contribution in [0.1, 0.15) is 29.3 Å². The summed E-state index contributed by atoms with van der Waals surface area (Å²) >= 11 is 0. The van der Waals surface area contributed by atoms with E-state index in [1.54, 1.807) is 48.5 Å². The maximum Gasteiger partial charge on any atom is 0.255 e. The average molecular weight is 280 g/mol. The molecule has 2 aromatic carbocycles. The number of amides is 1. The third kappa shape index (κ3) is 3.83. The third-order valence-electron chi connectivity index (χ3n) is 2.89. The Morgan fingerprint density at radius 1 is 1.19 bits per heavy atom. The van der Waals surface area contributed by atoms with E-state index in [9.17, 15) is 4.79 Å². The predicted molar refractivity (Wildman–Crippen MR) is 81.3 cm³/mol. The van der Waals surface area contributed by atoms with E-state index in [-0.39, 0.29) is 5.91 Å². The van der Waals surface area contributed by atoms with Gasteiger partial charge in [-0.25, -0.2) is 0 Å². The van der Waals surface area contributed by atoms with E-state index in [1.807, 2.05) is 13.0 Å². The molecule has 0 heterocycles.